The third-order valence-corrected chi connectivity index (χ3v) is 1.34. The Balaban J connectivity index is 2.67. The van der Waals surface area contributed by atoms with Crippen LogP contribution in [0.5, 0.6) is 0 Å². The van der Waals surface area contributed by atoms with Gasteiger partial charge in [0, 0.05) is 7.05 Å². The minimum absolute atomic E-state index is 0.287. The molecule has 0 amide bonds. The van der Waals surface area contributed by atoms with Crippen molar-refractivity contribution in [2.45, 2.75) is 19.3 Å². The summed E-state index contributed by atoms with van der Waals surface area (Å²) in [6.07, 6.45) is -5.93. The Kier molecular flexibility index (Phi) is 1.69. The zero-order valence-electron chi connectivity index (χ0n) is 6.11. The molecule has 0 saturated carbocycles. The van der Waals surface area contributed by atoms with Crippen molar-refractivity contribution >= 4 is 5.84 Å². The van der Waals surface area contributed by atoms with Crippen LogP contribution in [0.25, 0.3) is 0 Å². The monoisotopic (exact) mass is 167 g/mol. The second kappa shape index (κ2) is 2.28. The van der Waals surface area contributed by atoms with Gasteiger partial charge in [-0.25, -0.2) is 0 Å². The Morgan fingerprint density at radius 3 is 2.27 bits per heavy atom. The summed E-state index contributed by atoms with van der Waals surface area (Å²) in [5, 5.41) is 6.61. The van der Waals surface area contributed by atoms with Crippen LogP contribution in [0.1, 0.15) is 6.92 Å². The summed E-state index contributed by atoms with van der Waals surface area (Å²) in [7, 11) is 1.28. The van der Waals surface area contributed by atoms with E-state index in [0.717, 1.165) is 5.01 Å². The molecule has 1 aliphatic rings. The summed E-state index contributed by atoms with van der Waals surface area (Å²) in [5.41, 5.74) is 0. The lowest BCUT2D eigenvalue weighted by molar-refractivity contribution is -0.180. The number of amidine groups is 1. The van der Waals surface area contributed by atoms with Gasteiger partial charge in [0.2, 0.25) is 6.17 Å². The fourth-order valence-electron chi connectivity index (χ4n) is 0.908. The summed E-state index contributed by atoms with van der Waals surface area (Å²) in [6.45, 7) is 1.49. The average Bonchev–Trinajstić information content (AvgIpc) is 2.08. The topological polar surface area (TPSA) is 27.6 Å². The predicted molar refractivity (Wildman–Crippen MR) is 33.9 cm³/mol. The highest BCUT2D eigenvalue weighted by molar-refractivity contribution is 5.80. The molecule has 3 nitrogen and oxygen atoms in total. The van der Waals surface area contributed by atoms with Crippen LogP contribution < -0.4 is 5.32 Å². The van der Waals surface area contributed by atoms with Gasteiger partial charge in [0.1, 0.15) is 5.84 Å². The molecule has 11 heavy (non-hydrogen) atoms. The lowest BCUT2D eigenvalue weighted by Crippen LogP contribution is -2.47. The molecule has 0 aromatic heterocycles. The normalized spacial score (nSPS) is 25.0. The van der Waals surface area contributed by atoms with Gasteiger partial charge in [-0.05, 0) is 6.92 Å². The standard InChI is InChI=1S/C5H8F3N3/c1-3-9-4(5(6,7)8)11(2)10-3/h4H,1-2H3,(H,9,10). The van der Waals surface area contributed by atoms with E-state index in [2.05, 4.69) is 10.4 Å². The van der Waals surface area contributed by atoms with E-state index in [1.165, 1.54) is 14.0 Å². The van der Waals surface area contributed by atoms with Gasteiger partial charge in [0.05, 0.1) is 0 Å². The van der Waals surface area contributed by atoms with Crippen LogP contribution in [0.15, 0.2) is 5.10 Å². The minimum Gasteiger partial charge on any atom is -0.344 e. The number of nitrogens with zero attached hydrogens (tertiary/aromatic N) is 2. The maximum Gasteiger partial charge on any atom is 0.428 e. The second-order valence-electron chi connectivity index (χ2n) is 2.35. The van der Waals surface area contributed by atoms with Gasteiger partial charge in [0.25, 0.3) is 0 Å². The highest BCUT2D eigenvalue weighted by Crippen LogP contribution is 2.24. The van der Waals surface area contributed by atoms with Gasteiger partial charge < -0.3 is 5.32 Å². The van der Waals surface area contributed by atoms with E-state index in [-0.39, 0.29) is 5.84 Å². The Morgan fingerprint density at radius 1 is 1.55 bits per heavy atom. The van der Waals surface area contributed by atoms with E-state index < -0.39 is 12.3 Å². The van der Waals surface area contributed by atoms with Crippen LogP contribution in [-0.2, 0) is 0 Å². The van der Waals surface area contributed by atoms with E-state index in [4.69, 9.17) is 0 Å². The molecule has 0 aromatic carbocycles. The number of rotatable bonds is 0. The van der Waals surface area contributed by atoms with Gasteiger partial charge >= 0.3 is 6.18 Å². The first-order valence-electron chi connectivity index (χ1n) is 3.02. The zero-order valence-corrected chi connectivity index (χ0v) is 6.11. The van der Waals surface area contributed by atoms with E-state index in [9.17, 15) is 13.2 Å². The van der Waals surface area contributed by atoms with Gasteiger partial charge in [-0.3, -0.25) is 5.01 Å². The Bertz CT molecular complexity index is 186. The van der Waals surface area contributed by atoms with Crippen LogP contribution in [-0.4, -0.2) is 30.2 Å². The smallest absolute Gasteiger partial charge is 0.344 e. The molecule has 1 rings (SSSR count). The van der Waals surface area contributed by atoms with Gasteiger partial charge in [-0.2, -0.15) is 18.3 Å². The molecule has 1 N–H and O–H groups in total. The van der Waals surface area contributed by atoms with Crippen LogP contribution >= 0.6 is 0 Å². The molecule has 0 bridgehead atoms. The third-order valence-electron chi connectivity index (χ3n) is 1.34. The fourth-order valence-corrected chi connectivity index (χ4v) is 0.908. The number of hydrogen-bond donors (Lipinski definition) is 1. The van der Waals surface area contributed by atoms with E-state index in [1.54, 1.807) is 0 Å². The maximum absolute atomic E-state index is 12.0. The third kappa shape index (κ3) is 1.55. The Labute approximate surface area is 61.9 Å². The van der Waals surface area contributed by atoms with Crippen molar-refractivity contribution < 1.29 is 13.2 Å². The molecule has 1 unspecified atom stereocenters. The number of alkyl halides is 3. The molecule has 0 spiro atoms. The second-order valence-corrected chi connectivity index (χ2v) is 2.35. The van der Waals surface area contributed by atoms with Crippen LogP contribution in [0.2, 0.25) is 0 Å². The lowest BCUT2D eigenvalue weighted by Gasteiger charge is -2.21. The summed E-state index contributed by atoms with van der Waals surface area (Å²) >= 11 is 0. The van der Waals surface area contributed by atoms with Crippen molar-refractivity contribution in [2.24, 2.45) is 5.10 Å². The van der Waals surface area contributed by atoms with E-state index in [0.29, 0.717) is 0 Å². The zero-order chi connectivity index (χ0) is 8.65. The first kappa shape index (κ1) is 8.16. The van der Waals surface area contributed by atoms with Gasteiger partial charge in [-0.1, -0.05) is 0 Å². The predicted octanol–water partition coefficient (Wildman–Crippen LogP) is 0.743. The summed E-state index contributed by atoms with van der Waals surface area (Å²) in [4.78, 5) is 0. The van der Waals surface area contributed by atoms with E-state index >= 15 is 0 Å². The number of hydrazone groups is 1. The molecular weight excluding hydrogens is 159 g/mol. The maximum atomic E-state index is 12.0. The summed E-state index contributed by atoms with van der Waals surface area (Å²) in [5.74, 6) is 0.287. The van der Waals surface area contributed by atoms with Crippen LogP contribution in [0.3, 0.4) is 0 Å². The molecule has 0 aliphatic carbocycles. The van der Waals surface area contributed by atoms with Crippen molar-refractivity contribution in [1.82, 2.24) is 10.3 Å². The molecule has 0 fully saturated rings. The van der Waals surface area contributed by atoms with Crippen molar-refractivity contribution in [2.75, 3.05) is 7.05 Å². The van der Waals surface area contributed by atoms with Gasteiger partial charge in [0.15, 0.2) is 0 Å². The van der Waals surface area contributed by atoms with Crippen LogP contribution in [0.4, 0.5) is 13.2 Å². The molecular formula is C5H8F3N3. The number of nitrogens with one attached hydrogen (secondary N) is 1. The van der Waals surface area contributed by atoms with Crippen molar-refractivity contribution in [1.29, 1.82) is 0 Å². The number of hydrogen-bond acceptors (Lipinski definition) is 3. The quantitative estimate of drug-likeness (QED) is 0.576. The van der Waals surface area contributed by atoms with Crippen molar-refractivity contribution in [3.05, 3.63) is 0 Å². The molecule has 64 valence electrons. The summed E-state index contributed by atoms with van der Waals surface area (Å²) < 4.78 is 36.0. The van der Waals surface area contributed by atoms with E-state index in [1.807, 2.05) is 0 Å². The van der Waals surface area contributed by atoms with Crippen molar-refractivity contribution in [3.63, 3.8) is 0 Å². The highest BCUT2D eigenvalue weighted by atomic mass is 19.4. The molecule has 1 aliphatic heterocycles. The SMILES string of the molecule is CC1=NN(C)C(C(F)(F)F)N1. The molecule has 1 heterocycles. The number of halogens is 3. The Morgan fingerprint density at radius 2 is 2.09 bits per heavy atom. The minimum atomic E-state index is -4.27. The molecule has 1 atom stereocenters. The van der Waals surface area contributed by atoms with Gasteiger partial charge in [-0.15, -0.1) is 0 Å². The first-order valence-corrected chi connectivity index (χ1v) is 3.02. The van der Waals surface area contributed by atoms with Crippen LogP contribution in [0, 0.1) is 0 Å². The molecule has 6 heteroatoms. The molecule has 0 saturated heterocycles. The van der Waals surface area contributed by atoms with Crippen molar-refractivity contribution in [3.8, 4) is 0 Å². The molecule has 0 aromatic rings. The lowest BCUT2D eigenvalue weighted by atomic mass is 10.4. The first-order chi connectivity index (χ1) is 4.91. The summed E-state index contributed by atoms with van der Waals surface area (Å²) in [6, 6.07) is 0. The largest absolute Gasteiger partial charge is 0.428 e. The Hall–Kier alpha value is -0.940. The molecule has 0 radical (unpaired) electrons. The average molecular weight is 167 g/mol. The highest BCUT2D eigenvalue weighted by Gasteiger charge is 2.45. The fraction of sp³-hybridized carbons (Fsp3) is 0.800.